The van der Waals surface area contributed by atoms with Crippen LogP contribution in [0, 0.1) is 5.82 Å². The molecule has 100 valence electrons. The fourth-order valence-corrected chi connectivity index (χ4v) is 3.05. The Morgan fingerprint density at radius 1 is 1.16 bits per heavy atom. The van der Waals surface area contributed by atoms with Crippen LogP contribution in [-0.4, -0.2) is 22.4 Å². The van der Waals surface area contributed by atoms with Crippen LogP contribution in [0.3, 0.4) is 0 Å². The Morgan fingerprint density at radius 3 is 2.42 bits per heavy atom. The first-order valence-electron chi connectivity index (χ1n) is 6.49. The first-order chi connectivity index (χ1) is 9.12. The van der Waals surface area contributed by atoms with Gasteiger partial charge in [-0.1, -0.05) is 25.0 Å². The van der Waals surface area contributed by atoms with E-state index in [1.165, 1.54) is 12.1 Å². The van der Waals surface area contributed by atoms with Gasteiger partial charge in [0, 0.05) is 6.54 Å². The van der Waals surface area contributed by atoms with Crippen molar-refractivity contribution in [2.24, 2.45) is 0 Å². The zero-order valence-corrected chi connectivity index (χ0v) is 10.5. The standard InChI is InChI=1S/C14H15FN2O2/c15-11-5-3-10(4-6-11)9-17-13(19)16-12(18)14(17)7-1-2-8-14/h3-6H,1-2,7-9H2,(H,16,18,19). The summed E-state index contributed by atoms with van der Waals surface area (Å²) in [7, 11) is 0. The summed E-state index contributed by atoms with van der Waals surface area (Å²) in [6.07, 6.45) is 3.35. The second-order valence-electron chi connectivity index (χ2n) is 5.21. The fourth-order valence-electron chi connectivity index (χ4n) is 3.05. The second kappa shape index (κ2) is 4.33. The van der Waals surface area contributed by atoms with E-state index in [1.807, 2.05) is 0 Å². The molecule has 4 nitrogen and oxygen atoms in total. The third kappa shape index (κ3) is 1.89. The summed E-state index contributed by atoms with van der Waals surface area (Å²) in [5.74, 6) is -0.488. The van der Waals surface area contributed by atoms with Gasteiger partial charge in [0.25, 0.3) is 5.91 Å². The van der Waals surface area contributed by atoms with Crippen LogP contribution in [0.25, 0.3) is 0 Å². The lowest BCUT2D eigenvalue weighted by Crippen LogP contribution is -2.46. The maximum Gasteiger partial charge on any atom is 0.325 e. The third-order valence-electron chi connectivity index (χ3n) is 4.09. The zero-order valence-electron chi connectivity index (χ0n) is 10.5. The topological polar surface area (TPSA) is 49.4 Å². The van der Waals surface area contributed by atoms with Crippen LogP contribution >= 0.6 is 0 Å². The van der Waals surface area contributed by atoms with Crippen molar-refractivity contribution < 1.29 is 14.0 Å². The minimum Gasteiger partial charge on any atom is -0.305 e. The molecule has 1 N–H and O–H groups in total. The molecule has 3 rings (SSSR count). The van der Waals surface area contributed by atoms with Gasteiger partial charge in [-0.25, -0.2) is 9.18 Å². The predicted molar refractivity (Wildman–Crippen MR) is 66.7 cm³/mol. The van der Waals surface area contributed by atoms with E-state index in [2.05, 4.69) is 5.32 Å². The van der Waals surface area contributed by atoms with Gasteiger partial charge in [0.15, 0.2) is 0 Å². The summed E-state index contributed by atoms with van der Waals surface area (Å²) < 4.78 is 12.9. The van der Waals surface area contributed by atoms with Crippen molar-refractivity contribution >= 4 is 11.9 Å². The van der Waals surface area contributed by atoms with Crippen molar-refractivity contribution in [3.8, 4) is 0 Å². The number of hydrogen-bond acceptors (Lipinski definition) is 2. The van der Waals surface area contributed by atoms with Crippen molar-refractivity contribution in [2.45, 2.75) is 37.8 Å². The predicted octanol–water partition coefficient (Wildman–Crippen LogP) is 2.19. The molecule has 0 radical (unpaired) electrons. The Labute approximate surface area is 110 Å². The maximum absolute atomic E-state index is 12.9. The summed E-state index contributed by atoms with van der Waals surface area (Å²) in [6.45, 7) is 0.345. The van der Waals surface area contributed by atoms with Gasteiger partial charge in [0.1, 0.15) is 11.4 Å². The summed E-state index contributed by atoms with van der Waals surface area (Å²) in [4.78, 5) is 25.6. The highest BCUT2D eigenvalue weighted by Crippen LogP contribution is 2.39. The highest BCUT2D eigenvalue weighted by molar-refractivity contribution is 6.07. The summed E-state index contributed by atoms with van der Waals surface area (Å²) >= 11 is 0. The fraction of sp³-hybridized carbons (Fsp3) is 0.429. The largest absolute Gasteiger partial charge is 0.325 e. The van der Waals surface area contributed by atoms with Gasteiger partial charge in [-0.05, 0) is 30.5 Å². The average molecular weight is 262 g/mol. The van der Waals surface area contributed by atoms with E-state index in [0.717, 1.165) is 18.4 Å². The second-order valence-corrected chi connectivity index (χ2v) is 5.21. The van der Waals surface area contributed by atoms with Gasteiger partial charge in [-0.3, -0.25) is 10.1 Å². The van der Waals surface area contributed by atoms with Crippen LogP contribution < -0.4 is 5.32 Å². The quantitative estimate of drug-likeness (QED) is 0.831. The molecule has 0 bridgehead atoms. The van der Waals surface area contributed by atoms with Gasteiger partial charge >= 0.3 is 6.03 Å². The van der Waals surface area contributed by atoms with E-state index in [4.69, 9.17) is 0 Å². The molecular weight excluding hydrogens is 247 g/mol. The highest BCUT2D eigenvalue weighted by Gasteiger charge is 2.53. The molecule has 2 fully saturated rings. The number of imide groups is 1. The third-order valence-corrected chi connectivity index (χ3v) is 4.09. The van der Waals surface area contributed by atoms with Crippen LogP contribution in [0.1, 0.15) is 31.2 Å². The van der Waals surface area contributed by atoms with E-state index in [9.17, 15) is 14.0 Å². The minimum absolute atomic E-state index is 0.183. The lowest BCUT2D eigenvalue weighted by molar-refractivity contribution is -0.126. The highest BCUT2D eigenvalue weighted by atomic mass is 19.1. The number of hydrogen-bond donors (Lipinski definition) is 1. The van der Waals surface area contributed by atoms with Gasteiger partial charge in [0.2, 0.25) is 0 Å². The number of carbonyl (C=O) groups excluding carboxylic acids is 2. The van der Waals surface area contributed by atoms with E-state index >= 15 is 0 Å². The van der Waals surface area contributed by atoms with E-state index in [0.29, 0.717) is 19.4 Å². The SMILES string of the molecule is O=C1NC(=O)C2(CCCC2)N1Cc1ccc(F)cc1. The minimum atomic E-state index is -0.675. The van der Waals surface area contributed by atoms with E-state index < -0.39 is 5.54 Å². The number of rotatable bonds is 2. The number of nitrogens with zero attached hydrogens (tertiary/aromatic N) is 1. The lowest BCUT2D eigenvalue weighted by atomic mass is 9.95. The molecule has 1 aliphatic heterocycles. The van der Waals surface area contributed by atoms with Crippen LogP contribution in [-0.2, 0) is 11.3 Å². The molecule has 0 atom stereocenters. The van der Waals surface area contributed by atoms with Crippen molar-refractivity contribution in [3.63, 3.8) is 0 Å². The Kier molecular flexibility index (Phi) is 2.77. The molecule has 1 aromatic rings. The van der Waals surface area contributed by atoms with E-state index in [1.54, 1.807) is 17.0 Å². The van der Waals surface area contributed by atoms with Crippen LogP contribution in [0.4, 0.5) is 9.18 Å². The van der Waals surface area contributed by atoms with Crippen molar-refractivity contribution in [1.29, 1.82) is 0 Å². The summed E-state index contributed by atoms with van der Waals surface area (Å²) in [6, 6.07) is 5.69. The molecule has 1 saturated carbocycles. The molecule has 1 aromatic carbocycles. The van der Waals surface area contributed by atoms with Gasteiger partial charge < -0.3 is 4.90 Å². The molecule has 3 amide bonds. The molecule has 1 heterocycles. The number of halogens is 1. The Balaban J connectivity index is 1.87. The molecule has 19 heavy (non-hydrogen) atoms. The molecule has 1 spiro atoms. The average Bonchev–Trinajstić information content (AvgIpc) is 2.95. The van der Waals surface area contributed by atoms with Crippen LogP contribution in [0.5, 0.6) is 0 Å². The Morgan fingerprint density at radius 2 is 1.79 bits per heavy atom. The molecule has 2 aliphatic rings. The zero-order chi connectivity index (χ0) is 13.5. The van der Waals surface area contributed by atoms with Gasteiger partial charge in [-0.15, -0.1) is 0 Å². The maximum atomic E-state index is 12.9. The first-order valence-corrected chi connectivity index (χ1v) is 6.49. The van der Waals surface area contributed by atoms with Crippen LogP contribution in [0.2, 0.25) is 0 Å². The monoisotopic (exact) mass is 262 g/mol. The molecule has 1 saturated heterocycles. The van der Waals surface area contributed by atoms with Gasteiger partial charge in [-0.2, -0.15) is 0 Å². The van der Waals surface area contributed by atoms with Crippen molar-refractivity contribution in [2.75, 3.05) is 0 Å². The number of carbonyl (C=O) groups is 2. The number of urea groups is 1. The Bertz CT molecular complexity index is 521. The number of nitrogens with one attached hydrogen (secondary N) is 1. The van der Waals surface area contributed by atoms with Gasteiger partial charge in [0.05, 0.1) is 0 Å². The number of benzene rings is 1. The van der Waals surface area contributed by atoms with Crippen LogP contribution in [0.15, 0.2) is 24.3 Å². The normalized spacial score (nSPS) is 21.2. The molecular formula is C14H15FN2O2. The lowest BCUT2D eigenvalue weighted by Gasteiger charge is -2.31. The molecule has 1 aliphatic carbocycles. The first kappa shape index (κ1) is 12.1. The summed E-state index contributed by atoms with van der Waals surface area (Å²) in [5.41, 5.74) is 0.156. The molecule has 0 aromatic heterocycles. The van der Waals surface area contributed by atoms with Crippen molar-refractivity contribution in [1.82, 2.24) is 10.2 Å². The smallest absolute Gasteiger partial charge is 0.305 e. The number of amides is 3. The van der Waals surface area contributed by atoms with E-state index in [-0.39, 0.29) is 17.8 Å². The van der Waals surface area contributed by atoms with Crippen molar-refractivity contribution in [3.05, 3.63) is 35.6 Å². The Hall–Kier alpha value is -1.91. The molecule has 5 heteroatoms. The molecule has 0 unspecified atom stereocenters. The summed E-state index contributed by atoms with van der Waals surface area (Å²) in [5, 5.41) is 2.41.